The first-order valence-corrected chi connectivity index (χ1v) is 9.35. The summed E-state index contributed by atoms with van der Waals surface area (Å²) >= 11 is 1.28. The molecule has 27 heavy (non-hydrogen) atoms. The van der Waals surface area contributed by atoms with Crippen molar-refractivity contribution in [1.82, 2.24) is 20.1 Å². The zero-order valence-electron chi connectivity index (χ0n) is 15.3. The SMILES string of the molecule is Cc1c(C(=O)NCc2cccc(-c3nc(C(=O)O)cs3)c2)cnn1C(C)C. The molecule has 1 aromatic carbocycles. The number of nitrogens with zero attached hydrogens (tertiary/aromatic N) is 3. The van der Waals surface area contributed by atoms with E-state index in [9.17, 15) is 9.59 Å². The number of carboxylic acid groups (broad SMARTS) is 1. The maximum atomic E-state index is 12.5. The van der Waals surface area contributed by atoms with Crippen LogP contribution in [0.1, 0.15) is 52.0 Å². The van der Waals surface area contributed by atoms with Gasteiger partial charge in [0.05, 0.1) is 11.8 Å². The van der Waals surface area contributed by atoms with E-state index in [0.717, 1.165) is 16.8 Å². The standard InChI is InChI=1S/C19H20N4O3S/c1-11(2)23-12(3)15(9-21-23)17(24)20-8-13-5-4-6-14(7-13)18-22-16(10-27-18)19(25)26/h4-7,9-11H,8H2,1-3H3,(H,20,24)(H,25,26). The average molecular weight is 384 g/mol. The molecule has 0 bridgehead atoms. The van der Waals surface area contributed by atoms with Crippen molar-refractivity contribution in [2.75, 3.05) is 0 Å². The lowest BCUT2D eigenvalue weighted by Gasteiger charge is -2.09. The number of hydrogen-bond acceptors (Lipinski definition) is 5. The Bertz CT molecular complexity index is 991. The summed E-state index contributed by atoms with van der Waals surface area (Å²) in [6.07, 6.45) is 1.59. The zero-order valence-corrected chi connectivity index (χ0v) is 16.1. The van der Waals surface area contributed by atoms with Crippen LogP contribution in [0.15, 0.2) is 35.8 Å². The van der Waals surface area contributed by atoms with Crippen LogP contribution in [0.2, 0.25) is 0 Å². The van der Waals surface area contributed by atoms with Gasteiger partial charge in [0.15, 0.2) is 5.69 Å². The Kier molecular flexibility index (Phi) is 5.36. The van der Waals surface area contributed by atoms with Crippen LogP contribution in [0, 0.1) is 6.92 Å². The average Bonchev–Trinajstić information content (AvgIpc) is 3.27. The number of thiazole rings is 1. The van der Waals surface area contributed by atoms with E-state index < -0.39 is 5.97 Å². The molecule has 0 aliphatic rings. The molecule has 0 unspecified atom stereocenters. The Morgan fingerprint density at radius 2 is 2.11 bits per heavy atom. The first-order valence-electron chi connectivity index (χ1n) is 8.47. The minimum absolute atomic E-state index is 0.0337. The molecular formula is C19H20N4O3S. The molecule has 0 aliphatic carbocycles. The quantitative estimate of drug-likeness (QED) is 0.678. The van der Waals surface area contributed by atoms with Gasteiger partial charge in [0.1, 0.15) is 5.01 Å². The van der Waals surface area contributed by atoms with Crippen molar-refractivity contribution < 1.29 is 14.7 Å². The van der Waals surface area contributed by atoms with E-state index in [4.69, 9.17) is 5.11 Å². The first-order chi connectivity index (χ1) is 12.9. The van der Waals surface area contributed by atoms with Crippen LogP contribution in [0.5, 0.6) is 0 Å². The normalized spacial score (nSPS) is 11.0. The van der Waals surface area contributed by atoms with Crippen molar-refractivity contribution in [3.63, 3.8) is 0 Å². The molecule has 2 N–H and O–H groups in total. The van der Waals surface area contributed by atoms with E-state index in [1.165, 1.54) is 16.7 Å². The van der Waals surface area contributed by atoms with Crippen LogP contribution in [0.25, 0.3) is 10.6 Å². The number of aromatic nitrogens is 3. The Morgan fingerprint density at radius 3 is 2.74 bits per heavy atom. The molecule has 0 spiro atoms. The van der Waals surface area contributed by atoms with Crippen LogP contribution in [-0.4, -0.2) is 31.7 Å². The number of carboxylic acids is 1. The molecule has 0 radical (unpaired) electrons. The molecule has 0 saturated heterocycles. The zero-order chi connectivity index (χ0) is 19.6. The Morgan fingerprint density at radius 1 is 1.33 bits per heavy atom. The van der Waals surface area contributed by atoms with Crippen molar-refractivity contribution in [2.45, 2.75) is 33.4 Å². The summed E-state index contributed by atoms with van der Waals surface area (Å²) in [6.45, 7) is 6.27. The fourth-order valence-electron chi connectivity index (χ4n) is 2.76. The second-order valence-electron chi connectivity index (χ2n) is 6.41. The lowest BCUT2D eigenvalue weighted by molar-refractivity contribution is 0.0691. The largest absolute Gasteiger partial charge is 0.476 e. The third-order valence-corrected chi connectivity index (χ3v) is 5.02. The van der Waals surface area contributed by atoms with Gasteiger partial charge in [-0.1, -0.05) is 18.2 Å². The van der Waals surface area contributed by atoms with Gasteiger partial charge in [0.25, 0.3) is 5.91 Å². The monoisotopic (exact) mass is 384 g/mol. The minimum atomic E-state index is -1.04. The Hall–Kier alpha value is -3.00. The van der Waals surface area contributed by atoms with Crippen molar-refractivity contribution in [3.8, 4) is 10.6 Å². The summed E-state index contributed by atoms with van der Waals surface area (Å²) in [5.74, 6) is -1.22. The molecule has 3 aromatic rings. The van der Waals surface area contributed by atoms with Crippen LogP contribution in [0.4, 0.5) is 0 Å². The van der Waals surface area contributed by atoms with Gasteiger partial charge in [-0.3, -0.25) is 9.48 Å². The third kappa shape index (κ3) is 4.06. The summed E-state index contributed by atoms with van der Waals surface area (Å²) < 4.78 is 1.82. The summed E-state index contributed by atoms with van der Waals surface area (Å²) in [6, 6.07) is 7.72. The molecule has 0 aliphatic heterocycles. The fourth-order valence-corrected chi connectivity index (χ4v) is 3.55. The molecule has 0 atom stereocenters. The summed E-state index contributed by atoms with van der Waals surface area (Å²) in [4.78, 5) is 27.6. The second-order valence-corrected chi connectivity index (χ2v) is 7.27. The number of hydrogen-bond donors (Lipinski definition) is 2. The first kappa shape index (κ1) is 18.8. The summed E-state index contributed by atoms with van der Waals surface area (Å²) in [7, 11) is 0. The molecular weight excluding hydrogens is 364 g/mol. The maximum Gasteiger partial charge on any atom is 0.355 e. The number of aromatic carboxylic acids is 1. The molecule has 7 nitrogen and oxygen atoms in total. The second kappa shape index (κ2) is 7.71. The van der Waals surface area contributed by atoms with E-state index >= 15 is 0 Å². The number of benzene rings is 1. The van der Waals surface area contributed by atoms with Gasteiger partial charge >= 0.3 is 5.97 Å². The topological polar surface area (TPSA) is 97.1 Å². The highest BCUT2D eigenvalue weighted by Gasteiger charge is 2.15. The van der Waals surface area contributed by atoms with E-state index in [2.05, 4.69) is 15.4 Å². The highest BCUT2D eigenvalue weighted by molar-refractivity contribution is 7.13. The highest BCUT2D eigenvalue weighted by Crippen LogP contribution is 2.24. The molecule has 140 valence electrons. The maximum absolute atomic E-state index is 12.5. The van der Waals surface area contributed by atoms with Crippen molar-refractivity contribution in [2.24, 2.45) is 0 Å². The van der Waals surface area contributed by atoms with Gasteiger partial charge < -0.3 is 10.4 Å². The summed E-state index contributed by atoms with van der Waals surface area (Å²) in [5.41, 5.74) is 3.15. The van der Waals surface area contributed by atoms with Gasteiger partial charge in [-0.05, 0) is 32.4 Å². The summed E-state index contributed by atoms with van der Waals surface area (Å²) in [5, 5.41) is 18.3. The predicted octanol–water partition coefficient (Wildman–Crippen LogP) is 3.52. The van der Waals surface area contributed by atoms with Crippen LogP contribution >= 0.6 is 11.3 Å². The fraction of sp³-hybridized carbons (Fsp3) is 0.263. The lowest BCUT2D eigenvalue weighted by Crippen LogP contribution is -2.23. The van der Waals surface area contributed by atoms with Gasteiger partial charge in [-0.25, -0.2) is 9.78 Å². The molecule has 8 heteroatoms. The van der Waals surface area contributed by atoms with Crippen LogP contribution < -0.4 is 5.32 Å². The van der Waals surface area contributed by atoms with E-state index in [0.29, 0.717) is 17.1 Å². The Labute approximate surface area is 160 Å². The van der Waals surface area contributed by atoms with Crippen molar-refractivity contribution >= 4 is 23.2 Å². The molecule has 0 saturated carbocycles. The van der Waals surface area contributed by atoms with E-state index in [1.807, 2.05) is 49.7 Å². The minimum Gasteiger partial charge on any atom is -0.476 e. The third-order valence-electron chi connectivity index (χ3n) is 4.13. The molecule has 2 aromatic heterocycles. The number of amides is 1. The highest BCUT2D eigenvalue weighted by atomic mass is 32.1. The van der Waals surface area contributed by atoms with Crippen molar-refractivity contribution in [1.29, 1.82) is 0 Å². The molecule has 0 fully saturated rings. The molecule has 2 heterocycles. The predicted molar refractivity (Wildman–Crippen MR) is 103 cm³/mol. The number of carbonyl (C=O) groups is 2. The number of nitrogens with one attached hydrogen (secondary N) is 1. The van der Waals surface area contributed by atoms with Crippen LogP contribution in [0.3, 0.4) is 0 Å². The van der Waals surface area contributed by atoms with E-state index in [1.54, 1.807) is 6.20 Å². The number of rotatable bonds is 6. The lowest BCUT2D eigenvalue weighted by atomic mass is 10.1. The molecule has 3 rings (SSSR count). The van der Waals surface area contributed by atoms with Crippen molar-refractivity contribution in [3.05, 3.63) is 58.4 Å². The number of carbonyl (C=O) groups excluding carboxylic acids is 1. The Balaban J connectivity index is 1.71. The van der Waals surface area contributed by atoms with Gasteiger partial charge in [-0.15, -0.1) is 11.3 Å². The smallest absolute Gasteiger partial charge is 0.355 e. The molecule has 1 amide bonds. The van der Waals surface area contributed by atoms with Gasteiger partial charge in [0.2, 0.25) is 0 Å². The van der Waals surface area contributed by atoms with Crippen LogP contribution in [-0.2, 0) is 6.54 Å². The van der Waals surface area contributed by atoms with Gasteiger partial charge in [0, 0.05) is 29.2 Å². The van der Waals surface area contributed by atoms with Gasteiger partial charge in [-0.2, -0.15) is 5.10 Å². The van der Waals surface area contributed by atoms with E-state index in [-0.39, 0.29) is 17.6 Å².